The summed E-state index contributed by atoms with van der Waals surface area (Å²) in [6, 6.07) is 0. The number of hydrogen-bond donors (Lipinski definition) is 1. The molecular formula is C9H16F3NO. The third kappa shape index (κ3) is 5.44. The van der Waals surface area contributed by atoms with Crippen LogP contribution in [0.3, 0.4) is 0 Å². The van der Waals surface area contributed by atoms with Gasteiger partial charge in [0.1, 0.15) is 0 Å². The molecule has 0 aromatic heterocycles. The monoisotopic (exact) mass is 211 g/mol. The zero-order valence-electron chi connectivity index (χ0n) is 8.07. The smallest absolute Gasteiger partial charge is 0.378 e. The van der Waals surface area contributed by atoms with Crippen molar-refractivity contribution in [1.82, 2.24) is 5.32 Å². The van der Waals surface area contributed by atoms with Gasteiger partial charge in [0.25, 0.3) is 0 Å². The molecule has 1 N–H and O–H groups in total. The fourth-order valence-electron chi connectivity index (χ4n) is 1.53. The SMILES string of the molecule is FC(F)(F)CNCCC1CCCCO1. The summed E-state index contributed by atoms with van der Waals surface area (Å²) in [7, 11) is 0. The van der Waals surface area contributed by atoms with Crippen LogP contribution >= 0.6 is 0 Å². The summed E-state index contributed by atoms with van der Waals surface area (Å²) >= 11 is 0. The molecule has 0 amide bonds. The first-order valence-corrected chi connectivity index (χ1v) is 4.97. The Hall–Kier alpha value is -0.290. The Balaban J connectivity index is 1.97. The molecule has 1 heterocycles. The van der Waals surface area contributed by atoms with Gasteiger partial charge < -0.3 is 10.1 Å². The minimum absolute atomic E-state index is 0.157. The predicted octanol–water partition coefficient (Wildman–Crippen LogP) is 2.10. The van der Waals surface area contributed by atoms with E-state index in [0.717, 1.165) is 25.9 Å². The van der Waals surface area contributed by atoms with Gasteiger partial charge in [0, 0.05) is 6.61 Å². The maximum Gasteiger partial charge on any atom is 0.401 e. The van der Waals surface area contributed by atoms with Crippen LogP contribution in [0, 0.1) is 0 Å². The summed E-state index contributed by atoms with van der Waals surface area (Å²) in [6.07, 6.45) is -0.0855. The second kappa shape index (κ2) is 5.56. The maximum atomic E-state index is 11.7. The zero-order chi connectivity index (χ0) is 10.4. The van der Waals surface area contributed by atoms with Crippen molar-refractivity contribution in [2.24, 2.45) is 0 Å². The second-order valence-corrected chi connectivity index (χ2v) is 3.57. The van der Waals surface area contributed by atoms with Gasteiger partial charge in [-0.25, -0.2) is 0 Å². The third-order valence-corrected chi connectivity index (χ3v) is 2.24. The highest BCUT2D eigenvalue weighted by atomic mass is 19.4. The van der Waals surface area contributed by atoms with Crippen molar-refractivity contribution in [3.05, 3.63) is 0 Å². The predicted molar refractivity (Wildman–Crippen MR) is 47.1 cm³/mol. The van der Waals surface area contributed by atoms with Crippen LogP contribution in [0.5, 0.6) is 0 Å². The summed E-state index contributed by atoms with van der Waals surface area (Å²) in [6.45, 7) is 0.230. The van der Waals surface area contributed by atoms with E-state index < -0.39 is 12.7 Å². The Morgan fingerprint density at radius 1 is 1.29 bits per heavy atom. The van der Waals surface area contributed by atoms with Crippen LogP contribution in [-0.2, 0) is 4.74 Å². The number of ether oxygens (including phenoxy) is 1. The van der Waals surface area contributed by atoms with Crippen molar-refractivity contribution < 1.29 is 17.9 Å². The lowest BCUT2D eigenvalue weighted by Gasteiger charge is -2.22. The first-order chi connectivity index (χ1) is 6.58. The molecule has 0 saturated carbocycles. The van der Waals surface area contributed by atoms with E-state index >= 15 is 0 Å². The standard InChI is InChI=1S/C9H16F3NO/c10-9(11,12)7-13-5-4-8-3-1-2-6-14-8/h8,13H,1-7H2. The number of nitrogens with one attached hydrogen (secondary N) is 1. The lowest BCUT2D eigenvalue weighted by atomic mass is 10.1. The van der Waals surface area contributed by atoms with Crippen LogP contribution in [0.2, 0.25) is 0 Å². The number of hydrogen-bond acceptors (Lipinski definition) is 2. The summed E-state index contributed by atoms with van der Waals surface area (Å²) in [5, 5.41) is 2.37. The molecule has 1 fully saturated rings. The number of rotatable bonds is 4. The molecule has 1 saturated heterocycles. The van der Waals surface area contributed by atoms with E-state index in [4.69, 9.17) is 4.74 Å². The van der Waals surface area contributed by atoms with E-state index in [-0.39, 0.29) is 6.10 Å². The largest absolute Gasteiger partial charge is 0.401 e. The Labute approximate surface area is 81.8 Å². The first kappa shape index (κ1) is 11.8. The summed E-state index contributed by atoms with van der Waals surface area (Å²) < 4.78 is 40.6. The molecule has 1 rings (SSSR count). The highest BCUT2D eigenvalue weighted by Crippen LogP contribution is 2.15. The van der Waals surface area contributed by atoms with E-state index in [1.165, 1.54) is 0 Å². The van der Waals surface area contributed by atoms with Crippen LogP contribution in [0.4, 0.5) is 13.2 Å². The molecule has 84 valence electrons. The molecule has 1 aliphatic rings. The molecule has 5 heteroatoms. The van der Waals surface area contributed by atoms with E-state index in [1.807, 2.05) is 0 Å². The van der Waals surface area contributed by atoms with Crippen molar-refractivity contribution in [2.75, 3.05) is 19.7 Å². The number of alkyl halides is 3. The average Bonchev–Trinajstić information content (AvgIpc) is 2.13. The van der Waals surface area contributed by atoms with Gasteiger partial charge in [-0.1, -0.05) is 0 Å². The third-order valence-electron chi connectivity index (χ3n) is 2.24. The lowest BCUT2D eigenvalue weighted by Crippen LogP contribution is -2.32. The van der Waals surface area contributed by atoms with Gasteiger partial charge in [0.05, 0.1) is 12.6 Å². The second-order valence-electron chi connectivity index (χ2n) is 3.57. The molecule has 1 unspecified atom stereocenters. The fourth-order valence-corrected chi connectivity index (χ4v) is 1.53. The Bertz CT molecular complexity index is 155. The van der Waals surface area contributed by atoms with Gasteiger partial charge in [0.2, 0.25) is 0 Å². The average molecular weight is 211 g/mol. The van der Waals surface area contributed by atoms with Crippen LogP contribution in [0.15, 0.2) is 0 Å². The van der Waals surface area contributed by atoms with E-state index in [2.05, 4.69) is 5.32 Å². The minimum atomic E-state index is -4.10. The molecule has 1 aliphatic heterocycles. The topological polar surface area (TPSA) is 21.3 Å². The van der Waals surface area contributed by atoms with Gasteiger partial charge in [0.15, 0.2) is 0 Å². The summed E-state index contributed by atoms with van der Waals surface area (Å²) in [5.41, 5.74) is 0. The van der Waals surface area contributed by atoms with Crippen LogP contribution in [-0.4, -0.2) is 32.0 Å². The molecule has 1 atom stereocenters. The lowest BCUT2D eigenvalue weighted by molar-refractivity contribution is -0.125. The minimum Gasteiger partial charge on any atom is -0.378 e. The van der Waals surface area contributed by atoms with Crippen molar-refractivity contribution in [3.8, 4) is 0 Å². The van der Waals surface area contributed by atoms with Gasteiger partial charge in [-0.2, -0.15) is 13.2 Å². The summed E-state index contributed by atoms with van der Waals surface area (Å²) in [5.74, 6) is 0. The molecule has 0 spiro atoms. The van der Waals surface area contributed by atoms with Crippen LogP contribution < -0.4 is 5.32 Å². The highest BCUT2D eigenvalue weighted by molar-refractivity contribution is 4.65. The molecule has 0 aliphatic carbocycles. The van der Waals surface area contributed by atoms with Gasteiger partial charge in [-0.05, 0) is 32.2 Å². The first-order valence-electron chi connectivity index (χ1n) is 4.97. The van der Waals surface area contributed by atoms with E-state index in [0.29, 0.717) is 13.0 Å². The van der Waals surface area contributed by atoms with Gasteiger partial charge >= 0.3 is 6.18 Å². The molecule has 0 aromatic carbocycles. The van der Waals surface area contributed by atoms with Crippen molar-refractivity contribution in [1.29, 1.82) is 0 Å². The van der Waals surface area contributed by atoms with Crippen molar-refractivity contribution in [3.63, 3.8) is 0 Å². The van der Waals surface area contributed by atoms with Crippen LogP contribution in [0.25, 0.3) is 0 Å². The maximum absolute atomic E-state index is 11.7. The highest BCUT2D eigenvalue weighted by Gasteiger charge is 2.26. The number of halogens is 3. The molecule has 14 heavy (non-hydrogen) atoms. The quantitative estimate of drug-likeness (QED) is 0.719. The molecule has 0 aromatic rings. The van der Waals surface area contributed by atoms with Gasteiger partial charge in [-0.15, -0.1) is 0 Å². The molecular weight excluding hydrogens is 195 g/mol. The Morgan fingerprint density at radius 2 is 2.07 bits per heavy atom. The van der Waals surface area contributed by atoms with E-state index in [1.54, 1.807) is 0 Å². The zero-order valence-corrected chi connectivity index (χ0v) is 8.07. The Morgan fingerprint density at radius 3 is 2.64 bits per heavy atom. The summed E-state index contributed by atoms with van der Waals surface area (Å²) in [4.78, 5) is 0. The molecule has 2 nitrogen and oxygen atoms in total. The molecule has 0 bridgehead atoms. The van der Waals surface area contributed by atoms with Crippen molar-refractivity contribution in [2.45, 2.75) is 38.0 Å². The van der Waals surface area contributed by atoms with Crippen molar-refractivity contribution >= 4 is 0 Å². The van der Waals surface area contributed by atoms with Gasteiger partial charge in [-0.3, -0.25) is 0 Å². The normalized spacial score (nSPS) is 23.8. The fraction of sp³-hybridized carbons (Fsp3) is 1.00. The molecule has 0 radical (unpaired) electrons. The Kier molecular flexibility index (Phi) is 4.68. The van der Waals surface area contributed by atoms with Crippen LogP contribution in [0.1, 0.15) is 25.7 Å². The van der Waals surface area contributed by atoms with E-state index in [9.17, 15) is 13.2 Å².